The van der Waals surface area contributed by atoms with Crippen LogP contribution in [0.3, 0.4) is 0 Å². The predicted molar refractivity (Wildman–Crippen MR) is 156 cm³/mol. The zero-order valence-electron chi connectivity index (χ0n) is 20.1. The van der Waals surface area contributed by atoms with Crippen LogP contribution in [0.2, 0.25) is 0 Å². The number of aromatic nitrogens is 3. The zero-order chi connectivity index (χ0) is 25.1. The summed E-state index contributed by atoms with van der Waals surface area (Å²) in [5, 5.41) is 5.63. The summed E-state index contributed by atoms with van der Waals surface area (Å²) in [6.07, 6.45) is 0. The molecule has 3 heterocycles. The number of furan rings is 1. The summed E-state index contributed by atoms with van der Waals surface area (Å²) in [7, 11) is 0. The summed E-state index contributed by atoms with van der Waals surface area (Å²) >= 11 is 1.70. The Kier molecular flexibility index (Phi) is 4.66. The lowest BCUT2D eigenvalue weighted by atomic mass is 10.0. The number of rotatable bonds is 3. The number of hydrogen-bond acceptors (Lipinski definition) is 5. The molecule has 0 bridgehead atoms. The van der Waals surface area contributed by atoms with E-state index in [4.69, 9.17) is 19.4 Å². The Labute approximate surface area is 221 Å². The molecule has 0 radical (unpaired) electrons. The van der Waals surface area contributed by atoms with Gasteiger partial charge in [0.25, 0.3) is 0 Å². The van der Waals surface area contributed by atoms with Crippen LogP contribution in [0.25, 0.3) is 76.3 Å². The highest BCUT2D eigenvalue weighted by molar-refractivity contribution is 7.22. The van der Waals surface area contributed by atoms with E-state index in [1.807, 2.05) is 24.3 Å². The van der Waals surface area contributed by atoms with E-state index in [1.165, 1.54) is 10.1 Å². The van der Waals surface area contributed by atoms with Crippen molar-refractivity contribution in [1.29, 1.82) is 0 Å². The molecule has 0 atom stereocenters. The quantitative estimate of drug-likeness (QED) is 0.240. The van der Waals surface area contributed by atoms with Crippen LogP contribution in [0.15, 0.2) is 120 Å². The summed E-state index contributed by atoms with van der Waals surface area (Å²) in [4.78, 5) is 16.0. The van der Waals surface area contributed by atoms with Gasteiger partial charge in [0, 0.05) is 26.6 Å². The van der Waals surface area contributed by atoms with Crippen molar-refractivity contribution >= 4 is 54.1 Å². The van der Waals surface area contributed by atoms with Gasteiger partial charge in [-0.25, -0.2) is 15.0 Å². The van der Waals surface area contributed by atoms with Gasteiger partial charge in [0.2, 0.25) is 0 Å². The van der Waals surface area contributed by atoms with Crippen LogP contribution in [-0.4, -0.2) is 15.0 Å². The Balaban J connectivity index is 1.37. The molecule has 5 aromatic carbocycles. The summed E-state index contributed by atoms with van der Waals surface area (Å²) in [5.74, 6) is 1.95. The van der Waals surface area contributed by atoms with Crippen molar-refractivity contribution in [1.82, 2.24) is 15.0 Å². The summed E-state index contributed by atoms with van der Waals surface area (Å²) in [5.41, 5.74) is 3.57. The Hall–Kier alpha value is -4.87. The second kappa shape index (κ2) is 8.33. The molecule has 0 aliphatic rings. The summed E-state index contributed by atoms with van der Waals surface area (Å²) < 4.78 is 7.38. The first-order valence-corrected chi connectivity index (χ1v) is 13.3. The maximum absolute atomic E-state index is 6.17. The molecule has 0 N–H and O–H groups in total. The van der Waals surface area contributed by atoms with Crippen molar-refractivity contribution in [2.45, 2.75) is 0 Å². The van der Waals surface area contributed by atoms with Gasteiger partial charge < -0.3 is 4.42 Å². The van der Waals surface area contributed by atoms with Crippen molar-refractivity contribution in [2.24, 2.45) is 0 Å². The van der Waals surface area contributed by atoms with E-state index in [0.29, 0.717) is 17.5 Å². The normalized spacial score (nSPS) is 11.7. The van der Waals surface area contributed by atoms with Gasteiger partial charge in [0.1, 0.15) is 11.2 Å². The van der Waals surface area contributed by atoms with Crippen molar-refractivity contribution in [3.8, 4) is 33.5 Å². The first-order chi connectivity index (χ1) is 18.8. The fourth-order valence-electron chi connectivity index (χ4n) is 5.11. The minimum atomic E-state index is 0.623. The van der Waals surface area contributed by atoms with Crippen molar-refractivity contribution in [3.63, 3.8) is 0 Å². The van der Waals surface area contributed by atoms with Crippen LogP contribution in [-0.2, 0) is 0 Å². The molecule has 0 aliphatic carbocycles. The predicted octanol–water partition coefficient (Wildman–Crippen LogP) is 9.14. The van der Waals surface area contributed by atoms with Crippen LogP contribution in [0, 0.1) is 0 Å². The minimum absolute atomic E-state index is 0.623. The van der Waals surface area contributed by atoms with Crippen LogP contribution in [0.5, 0.6) is 0 Å². The molecule has 0 amide bonds. The molecule has 0 unspecified atom stereocenters. The number of thiophene rings is 1. The third-order valence-corrected chi connectivity index (χ3v) is 8.06. The zero-order valence-corrected chi connectivity index (χ0v) is 20.9. The fourth-order valence-corrected chi connectivity index (χ4v) is 6.11. The highest BCUT2D eigenvalue weighted by atomic mass is 32.1. The summed E-state index contributed by atoms with van der Waals surface area (Å²) in [6, 6.07) is 39.4. The molecular formula is C33H19N3OS. The standard InChI is InChI=1S/C33H19N3OS/c1-3-11-23-20(8-1)10-7-13-26(23)32-34-31(35-33(36-32)30-19-21-9-2-6-15-29(21)38-30)22-16-17-25-24-12-4-5-14-27(24)37-28(25)18-22/h1-19H. The SMILES string of the molecule is c1ccc2sc(-c3nc(-c4ccc5c(c4)oc4ccccc45)nc(-c4cccc5ccccc45)n3)cc2c1. The average molecular weight is 506 g/mol. The van der Waals surface area contributed by atoms with Gasteiger partial charge in [-0.2, -0.15) is 0 Å². The largest absolute Gasteiger partial charge is 0.456 e. The monoisotopic (exact) mass is 505 g/mol. The topological polar surface area (TPSA) is 51.8 Å². The first kappa shape index (κ1) is 21.2. The van der Waals surface area contributed by atoms with Gasteiger partial charge in [-0.15, -0.1) is 11.3 Å². The molecule has 0 aliphatic heterocycles. The Morgan fingerprint density at radius 2 is 1.21 bits per heavy atom. The van der Waals surface area contributed by atoms with Gasteiger partial charge >= 0.3 is 0 Å². The average Bonchev–Trinajstić information content (AvgIpc) is 3.58. The van der Waals surface area contributed by atoms with E-state index in [-0.39, 0.29) is 0 Å². The number of fused-ring (bicyclic) bond motifs is 5. The molecule has 178 valence electrons. The number of hydrogen-bond donors (Lipinski definition) is 0. The maximum Gasteiger partial charge on any atom is 0.174 e. The van der Waals surface area contributed by atoms with Gasteiger partial charge in [0.05, 0.1) is 4.88 Å². The molecular weight excluding hydrogens is 486 g/mol. The Morgan fingerprint density at radius 3 is 2.13 bits per heavy atom. The van der Waals surface area contributed by atoms with Gasteiger partial charge in [0.15, 0.2) is 17.5 Å². The highest BCUT2D eigenvalue weighted by Crippen LogP contribution is 2.36. The molecule has 8 aromatic rings. The second-order valence-corrected chi connectivity index (χ2v) is 10.4. The lowest BCUT2D eigenvalue weighted by Crippen LogP contribution is -1.99. The Bertz CT molecular complexity index is 2120. The molecule has 4 nitrogen and oxygen atoms in total. The van der Waals surface area contributed by atoms with Gasteiger partial charge in [-0.1, -0.05) is 84.9 Å². The smallest absolute Gasteiger partial charge is 0.174 e. The number of nitrogens with zero attached hydrogens (tertiary/aromatic N) is 3. The Morgan fingerprint density at radius 1 is 0.500 bits per heavy atom. The molecule has 0 saturated heterocycles. The number of para-hydroxylation sites is 1. The fraction of sp³-hybridized carbons (Fsp3) is 0. The number of benzene rings is 5. The molecule has 3 aromatic heterocycles. The maximum atomic E-state index is 6.17. The van der Waals surface area contributed by atoms with E-state index in [9.17, 15) is 0 Å². The van der Waals surface area contributed by atoms with Crippen LogP contribution >= 0.6 is 11.3 Å². The molecule has 0 saturated carbocycles. The summed E-state index contributed by atoms with van der Waals surface area (Å²) in [6.45, 7) is 0. The van der Waals surface area contributed by atoms with E-state index < -0.39 is 0 Å². The van der Waals surface area contributed by atoms with Crippen molar-refractivity contribution in [2.75, 3.05) is 0 Å². The van der Waals surface area contributed by atoms with Crippen molar-refractivity contribution < 1.29 is 4.42 Å². The second-order valence-electron chi connectivity index (χ2n) is 9.29. The van der Waals surface area contributed by atoms with Gasteiger partial charge in [-0.3, -0.25) is 0 Å². The van der Waals surface area contributed by atoms with Crippen molar-refractivity contribution in [3.05, 3.63) is 115 Å². The molecule has 38 heavy (non-hydrogen) atoms. The van der Waals surface area contributed by atoms with E-state index >= 15 is 0 Å². The van der Waals surface area contributed by atoms with Crippen LogP contribution in [0.4, 0.5) is 0 Å². The van der Waals surface area contributed by atoms with Crippen LogP contribution < -0.4 is 0 Å². The third-order valence-electron chi connectivity index (χ3n) is 6.95. The first-order valence-electron chi connectivity index (χ1n) is 12.4. The molecule has 0 fully saturated rings. The van der Waals surface area contributed by atoms with Gasteiger partial charge in [-0.05, 0) is 46.5 Å². The molecule has 5 heteroatoms. The third kappa shape index (κ3) is 3.40. The highest BCUT2D eigenvalue weighted by Gasteiger charge is 2.17. The van der Waals surface area contributed by atoms with E-state index in [2.05, 4.69) is 91.0 Å². The van der Waals surface area contributed by atoms with E-state index in [0.717, 1.165) is 48.7 Å². The van der Waals surface area contributed by atoms with Crippen LogP contribution in [0.1, 0.15) is 0 Å². The lowest BCUT2D eigenvalue weighted by molar-refractivity contribution is 0.669. The molecule has 8 rings (SSSR count). The molecule has 0 spiro atoms. The van der Waals surface area contributed by atoms with E-state index in [1.54, 1.807) is 11.3 Å². The minimum Gasteiger partial charge on any atom is -0.456 e. The lowest BCUT2D eigenvalue weighted by Gasteiger charge is -2.09.